The monoisotopic (exact) mass is 344 g/mol. The van der Waals surface area contributed by atoms with Gasteiger partial charge in [-0.05, 0) is 25.5 Å². The molecule has 1 amide bonds. The topological polar surface area (TPSA) is 50.4 Å². The predicted molar refractivity (Wildman–Crippen MR) is 95.2 cm³/mol. The number of aryl methyl sites for hydroxylation is 1. The van der Waals surface area contributed by atoms with E-state index in [4.69, 9.17) is 4.74 Å². The summed E-state index contributed by atoms with van der Waals surface area (Å²) in [6.45, 7) is 6.16. The summed E-state index contributed by atoms with van der Waals surface area (Å²) in [5.74, 6) is 3.11. The van der Waals surface area contributed by atoms with Crippen LogP contribution in [-0.2, 0) is 11.3 Å². The fraction of sp³-hybridized carbons (Fsp3) is 0.562. The van der Waals surface area contributed by atoms with Crippen molar-refractivity contribution in [2.24, 2.45) is 0 Å². The highest BCUT2D eigenvalue weighted by Gasteiger charge is 2.16. The highest BCUT2D eigenvalue weighted by Crippen LogP contribution is 2.20. The molecule has 0 bridgehead atoms. The molecule has 1 aromatic carbocycles. The lowest BCUT2D eigenvalue weighted by Gasteiger charge is -2.22. The van der Waals surface area contributed by atoms with Gasteiger partial charge in [-0.3, -0.25) is 4.79 Å². The smallest absolute Gasteiger partial charge is 0.221 e. The van der Waals surface area contributed by atoms with Crippen LogP contribution in [-0.4, -0.2) is 36.6 Å². The van der Waals surface area contributed by atoms with Crippen molar-refractivity contribution in [1.82, 2.24) is 10.6 Å². The van der Waals surface area contributed by atoms with Crippen molar-refractivity contribution in [2.75, 3.05) is 24.7 Å². The van der Waals surface area contributed by atoms with E-state index in [0.29, 0.717) is 25.6 Å². The summed E-state index contributed by atoms with van der Waals surface area (Å²) in [5, 5.41) is 6.38. The van der Waals surface area contributed by atoms with Gasteiger partial charge in [0.15, 0.2) is 0 Å². The number of nitrogens with one attached hydrogen (secondary N) is 2. The molecule has 1 atom stereocenters. The second-order valence-corrected chi connectivity index (χ2v) is 6.40. The minimum atomic E-state index is 0. The Morgan fingerprint density at radius 3 is 3.00 bits per heavy atom. The second-order valence-electron chi connectivity index (χ2n) is 5.25. The standard InChI is InChI=1S/C16H24N2O2S.ClH/c1-3-20-15-8-12(2)4-5-13(15)10-18-16(19)9-14-11-21-7-6-17-14;/h4-5,8,14,17H,3,6-7,9-11H2,1-2H3,(H,18,19);1H. The van der Waals surface area contributed by atoms with Crippen molar-refractivity contribution in [3.8, 4) is 5.75 Å². The molecule has 1 saturated heterocycles. The molecule has 6 heteroatoms. The highest BCUT2D eigenvalue weighted by atomic mass is 35.5. The Hall–Kier alpha value is -0.910. The summed E-state index contributed by atoms with van der Waals surface area (Å²) < 4.78 is 5.63. The van der Waals surface area contributed by atoms with Crippen molar-refractivity contribution >= 4 is 30.1 Å². The number of hydrogen-bond acceptors (Lipinski definition) is 4. The van der Waals surface area contributed by atoms with Crippen LogP contribution < -0.4 is 15.4 Å². The Morgan fingerprint density at radius 2 is 2.32 bits per heavy atom. The largest absolute Gasteiger partial charge is 0.494 e. The Morgan fingerprint density at radius 1 is 1.50 bits per heavy atom. The first-order valence-electron chi connectivity index (χ1n) is 7.49. The molecule has 0 spiro atoms. The summed E-state index contributed by atoms with van der Waals surface area (Å²) in [6, 6.07) is 6.39. The molecule has 0 saturated carbocycles. The predicted octanol–water partition coefficient (Wildman–Crippen LogP) is 2.53. The summed E-state index contributed by atoms with van der Waals surface area (Å²) >= 11 is 1.91. The Bertz CT molecular complexity index is 479. The number of halogens is 1. The molecule has 0 aliphatic carbocycles. The van der Waals surface area contributed by atoms with E-state index < -0.39 is 0 Å². The van der Waals surface area contributed by atoms with Crippen molar-refractivity contribution in [3.05, 3.63) is 29.3 Å². The van der Waals surface area contributed by atoms with E-state index >= 15 is 0 Å². The van der Waals surface area contributed by atoms with Crippen LogP contribution in [0.5, 0.6) is 5.75 Å². The summed E-state index contributed by atoms with van der Waals surface area (Å²) in [7, 11) is 0. The zero-order chi connectivity index (χ0) is 15.1. The zero-order valence-corrected chi connectivity index (χ0v) is 14.8. The van der Waals surface area contributed by atoms with Gasteiger partial charge in [0.1, 0.15) is 5.75 Å². The first kappa shape index (κ1) is 19.1. The third-order valence-corrected chi connectivity index (χ3v) is 4.56. The van der Waals surface area contributed by atoms with Gasteiger partial charge >= 0.3 is 0 Å². The van der Waals surface area contributed by atoms with Gasteiger partial charge in [0.05, 0.1) is 6.61 Å². The Labute approximate surface area is 143 Å². The molecule has 4 nitrogen and oxygen atoms in total. The zero-order valence-electron chi connectivity index (χ0n) is 13.2. The molecular weight excluding hydrogens is 320 g/mol. The van der Waals surface area contributed by atoms with E-state index in [2.05, 4.69) is 10.6 Å². The molecule has 0 radical (unpaired) electrons. The highest BCUT2D eigenvalue weighted by molar-refractivity contribution is 7.99. The summed E-state index contributed by atoms with van der Waals surface area (Å²) in [4.78, 5) is 12.0. The Kier molecular flexibility index (Phi) is 8.68. The molecule has 1 fully saturated rings. The molecule has 1 heterocycles. The average molecular weight is 345 g/mol. The maximum Gasteiger partial charge on any atom is 0.221 e. The van der Waals surface area contributed by atoms with E-state index in [0.717, 1.165) is 34.9 Å². The summed E-state index contributed by atoms with van der Waals surface area (Å²) in [5.41, 5.74) is 2.19. The molecule has 1 aromatic rings. The molecule has 2 N–H and O–H groups in total. The van der Waals surface area contributed by atoms with Crippen LogP contribution in [0.2, 0.25) is 0 Å². The number of hydrogen-bond donors (Lipinski definition) is 2. The van der Waals surface area contributed by atoms with E-state index in [1.807, 2.05) is 43.8 Å². The number of ether oxygens (including phenoxy) is 1. The Balaban J connectivity index is 0.00000242. The maximum absolute atomic E-state index is 12.0. The number of amides is 1. The number of thioether (sulfide) groups is 1. The van der Waals surface area contributed by atoms with Gasteiger partial charge in [0.2, 0.25) is 5.91 Å². The van der Waals surface area contributed by atoms with Crippen LogP contribution in [0.25, 0.3) is 0 Å². The van der Waals surface area contributed by atoms with Crippen LogP contribution in [0, 0.1) is 6.92 Å². The molecule has 0 aromatic heterocycles. The van der Waals surface area contributed by atoms with Gasteiger partial charge in [-0.15, -0.1) is 12.4 Å². The van der Waals surface area contributed by atoms with Gasteiger partial charge in [-0.2, -0.15) is 11.8 Å². The number of carbonyl (C=O) groups is 1. The average Bonchev–Trinajstić information content (AvgIpc) is 2.48. The lowest BCUT2D eigenvalue weighted by molar-refractivity contribution is -0.121. The maximum atomic E-state index is 12.0. The van der Waals surface area contributed by atoms with Crippen molar-refractivity contribution in [3.63, 3.8) is 0 Å². The lowest BCUT2D eigenvalue weighted by Crippen LogP contribution is -2.41. The minimum Gasteiger partial charge on any atom is -0.494 e. The first-order chi connectivity index (χ1) is 10.2. The fourth-order valence-electron chi connectivity index (χ4n) is 2.34. The molecule has 22 heavy (non-hydrogen) atoms. The van der Waals surface area contributed by atoms with Gasteiger partial charge in [-0.25, -0.2) is 0 Å². The third-order valence-electron chi connectivity index (χ3n) is 3.43. The van der Waals surface area contributed by atoms with Crippen molar-refractivity contribution < 1.29 is 9.53 Å². The van der Waals surface area contributed by atoms with Crippen LogP contribution in [0.3, 0.4) is 0 Å². The molecule has 1 aliphatic heterocycles. The number of rotatable bonds is 6. The van der Waals surface area contributed by atoms with E-state index in [1.54, 1.807) is 0 Å². The van der Waals surface area contributed by atoms with E-state index in [1.165, 1.54) is 0 Å². The normalized spacial score (nSPS) is 17.5. The van der Waals surface area contributed by atoms with Crippen molar-refractivity contribution in [2.45, 2.75) is 32.9 Å². The third kappa shape index (κ3) is 6.07. The van der Waals surface area contributed by atoms with Crippen LogP contribution in [0.15, 0.2) is 18.2 Å². The lowest BCUT2D eigenvalue weighted by atomic mass is 10.1. The van der Waals surface area contributed by atoms with Crippen LogP contribution >= 0.6 is 24.2 Å². The van der Waals surface area contributed by atoms with Gasteiger partial charge in [0, 0.05) is 42.6 Å². The molecule has 1 aliphatic rings. The van der Waals surface area contributed by atoms with Gasteiger partial charge in [-0.1, -0.05) is 12.1 Å². The van der Waals surface area contributed by atoms with Crippen LogP contribution in [0.4, 0.5) is 0 Å². The minimum absolute atomic E-state index is 0. The summed E-state index contributed by atoms with van der Waals surface area (Å²) in [6.07, 6.45) is 0.544. The molecule has 2 rings (SSSR count). The van der Waals surface area contributed by atoms with E-state index in [9.17, 15) is 4.79 Å². The van der Waals surface area contributed by atoms with Crippen LogP contribution in [0.1, 0.15) is 24.5 Å². The fourth-order valence-corrected chi connectivity index (χ4v) is 3.29. The van der Waals surface area contributed by atoms with Gasteiger partial charge < -0.3 is 15.4 Å². The number of carbonyl (C=O) groups excluding carboxylic acids is 1. The van der Waals surface area contributed by atoms with Crippen molar-refractivity contribution in [1.29, 1.82) is 0 Å². The molecule has 1 unspecified atom stereocenters. The molecular formula is C16H25ClN2O2S. The first-order valence-corrected chi connectivity index (χ1v) is 8.64. The van der Waals surface area contributed by atoms with Gasteiger partial charge in [0.25, 0.3) is 0 Å². The number of benzene rings is 1. The van der Waals surface area contributed by atoms with E-state index in [-0.39, 0.29) is 18.3 Å². The SMILES string of the molecule is CCOc1cc(C)ccc1CNC(=O)CC1CSCCN1.Cl. The quantitative estimate of drug-likeness (QED) is 0.832. The second kappa shape index (κ2) is 9.98. The molecule has 124 valence electrons.